The molecular formula is C19H25N3O2. The van der Waals surface area contributed by atoms with E-state index in [1.807, 2.05) is 25.1 Å². The molecule has 1 unspecified atom stereocenters. The number of ether oxygens (including phenoxy) is 1. The SMILES string of the molecule is C=COC(=O)C(=C1C=CC([C@@H](N)C(C)C(C)C)=N1)c1ccc(C)[nH]1. The van der Waals surface area contributed by atoms with Crippen LogP contribution in [-0.2, 0) is 9.53 Å². The van der Waals surface area contributed by atoms with Crippen molar-refractivity contribution in [3.05, 3.63) is 54.2 Å². The summed E-state index contributed by atoms with van der Waals surface area (Å²) >= 11 is 0. The first kappa shape index (κ1) is 17.9. The third-order valence-corrected chi connectivity index (χ3v) is 4.37. The first-order valence-corrected chi connectivity index (χ1v) is 8.09. The number of hydrogen-bond donors (Lipinski definition) is 2. The number of H-pyrrole nitrogens is 1. The Balaban J connectivity index is 2.43. The van der Waals surface area contributed by atoms with Gasteiger partial charge in [-0.3, -0.25) is 4.99 Å². The van der Waals surface area contributed by atoms with Crippen molar-refractivity contribution >= 4 is 17.3 Å². The molecule has 0 radical (unpaired) electrons. The highest BCUT2D eigenvalue weighted by molar-refractivity contribution is 6.19. The molecule has 1 aliphatic rings. The Hall–Kier alpha value is -2.40. The summed E-state index contributed by atoms with van der Waals surface area (Å²) in [4.78, 5) is 20.1. The van der Waals surface area contributed by atoms with Crippen LogP contribution < -0.4 is 5.73 Å². The van der Waals surface area contributed by atoms with Gasteiger partial charge in [-0.1, -0.05) is 27.4 Å². The predicted octanol–water partition coefficient (Wildman–Crippen LogP) is 3.35. The largest absolute Gasteiger partial charge is 0.431 e. The second kappa shape index (κ2) is 7.45. The van der Waals surface area contributed by atoms with E-state index in [1.54, 1.807) is 6.08 Å². The standard InChI is InChI=1S/C19H25N3O2/c1-6-24-19(23)17(14-8-7-12(4)21-14)15-9-10-16(22-15)18(20)13(5)11(2)3/h6-11,13,18,21H,1,20H2,2-5H3/t13?,18-/m0/s1. The van der Waals surface area contributed by atoms with Crippen LogP contribution in [0.2, 0.25) is 0 Å². The highest BCUT2D eigenvalue weighted by atomic mass is 16.5. The van der Waals surface area contributed by atoms with E-state index < -0.39 is 5.97 Å². The third kappa shape index (κ3) is 3.74. The Morgan fingerprint density at radius 1 is 1.33 bits per heavy atom. The Kier molecular flexibility index (Phi) is 5.57. The molecule has 0 saturated carbocycles. The van der Waals surface area contributed by atoms with Gasteiger partial charge < -0.3 is 15.5 Å². The maximum absolute atomic E-state index is 12.4. The summed E-state index contributed by atoms with van der Waals surface area (Å²) in [6.45, 7) is 11.7. The fraction of sp³-hybridized carbons (Fsp3) is 0.368. The lowest BCUT2D eigenvalue weighted by Gasteiger charge is -2.22. The summed E-state index contributed by atoms with van der Waals surface area (Å²) in [5.41, 5.74) is 9.63. The van der Waals surface area contributed by atoms with Crippen LogP contribution in [0.15, 0.2) is 47.8 Å². The number of aromatic nitrogens is 1. The van der Waals surface area contributed by atoms with Crippen LogP contribution in [0.5, 0.6) is 0 Å². The number of rotatable bonds is 6. The molecule has 1 aromatic heterocycles. The van der Waals surface area contributed by atoms with E-state index in [2.05, 4.69) is 37.3 Å². The fourth-order valence-electron chi connectivity index (χ4n) is 2.52. The molecule has 0 spiro atoms. The van der Waals surface area contributed by atoms with Crippen molar-refractivity contribution in [2.75, 3.05) is 0 Å². The Morgan fingerprint density at radius 2 is 2.04 bits per heavy atom. The fourth-order valence-corrected chi connectivity index (χ4v) is 2.52. The van der Waals surface area contributed by atoms with Gasteiger partial charge in [0.1, 0.15) is 5.57 Å². The monoisotopic (exact) mass is 327 g/mol. The lowest BCUT2D eigenvalue weighted by atomic mass is 9.88. The van der Waals surface area contributed by atoms with Gasteiger partial charge in [0.25, 0.3) is 0 Å². The molecule has 0 bridgehead atoms. The Morgan fingerprint density at radius 3 is 2.58 bits per heavy atom. The molecule has 2 rings (SSSR count). The zero-order valence-corrected chi connectivity index (χ0v) is 14.7. The summed E-state index contributed by atoms with van der Waals surface area (Å²) in [6.07, 6.45) is 4.79. The summed E-state index contributed by atoms with van der Waals surface area (Å²) in [5.74, 6) is 0.228. The smallest absolute Gasteiger partial charge is 0.347 e. The third-order valence-electron chi connectivity index (χ3n) is 4.37. The summed E-state index contributed by atoms with van der Waals surface area (Å²) < 4.78 is 4.97. The van der Waals surface area contributed by atoms with E-state index in [1.165, 1.54) is 0 Å². The van der Waals surface area contributed by atoms with Crippen LogP contribution in [0.3, 0.4) is 0 Å². The van der Waals surface area contributed by atoms with Crippen LogP contribution in [-0.4, -0.2) is 22.7 Å². The van der Waals surface area contributed by atoms with Crippen LogP contribution in [0, 0.1) is 18.8 Å². The number of allylic oxidation sites excluding steroid dienone is 1. The van der Waals surface area contributed by atoms with Crippen molar-refractivity contribution in [3.63, 3.8) is 0 Å². The van der Waals surface area contributed by atoms with Crippen LogP contribution >= 0.6 is 0 Å². The number of hydrogen-bond acceptors (Lipinski definition) is 4. The average molecular weight is 327 g/mol. The van der Waals surface area contributed by atoms with Gasteiger partial charge in [-0.15, -0.1) is 0 Å². The number of aryl methyl sites for hydroxylation is 1. The molecule has 2 atom stereocenters. The van der Waals surface area contributed by atoms with Gasteiger partial charge in [-0.2, -0.15) is 0 Å². The Labute approximate surface area is 143 Å². The minimum Gasteiger partial charge on any atom is -0.431 e. The van der Waals surface area contributed by atoms with Crippen LogP contribution in [0.1, 0.15) is 32.2 Å². The molecule has 0 aromatic carbocycles. The van der Waals surface area contributed by atoms with Crippen molar-refractivity contribution < 1.29 is 9.53 Å². The molecular weight excluding hydrogens is 302 g/mol. The number of nitrogens with one attached hydrogen (secondary N) is 1. The van der Waals surface area contributed by atoms with Gasteiger partial charge in [0.15, 0.2) is 0 Å². The summed E-state index contributed by atoms with van der Waals surface area (Å²) in [7, 11) is 0. The number of carbonyl (C=O) groups is 1. The molecule has 0 aliphatic carbocycles. The number of aromatic amines is 1. The second-order valence-electron chi connectivity index (χ2n) is 6.39. The van der Waals surface area contributed by atoms with Crippen molar-refractivity contribution in [2.45, 2.75) is 33.7 Å². The number of carbonyl (C=O) groups excluding carboxylic acids is 1. The predicted molar refractivity (Wildman–Crippen MR) is 97.3 cm³/mol. The molecule has 1 aromatic rings. The number of nitrogens with zero attached hydrogens (tertiary/aromatic N) is 1. The highest BCUT2D eigenvalue weighted by Gasteiger charge is 2.25. The number of aliphatic imine (C=N–C) groups is 1. The molecule has 128 valence electrons. The average Bonchev–Trinajstić information content (AvgIpc) is 3.16. The second-order valence-corrected chi connectivity index (χ2v) is 6.39. The molecule has 3 N–H and O–H groups in total. The Bertz CT molecular complexity index is 723. The molecule has 24 heavy (non-hydrogen) atoms. The van der Waals surface area contributed by atoms with Gasteiger partial charge >= 0.3 is 5.97 Å². The normalized spacial score (nSPS) is 18.3. The van der Waals surface area contributed by atoms with Gasteiger partial charge in [-0.05, 0) is 43.0 Å². The maximum atomic E-state index is 12.4. The van der Waals surface area contributed by atoms with Crippen molar-refractivity contribution in [2.24, 2.45) is 22.6 Å². The zero-order chi connectivity index (χ0) is 17.9. The van der Waals surface area contributed by atoms with Gasteiger partial charge in [0.05, 0.1) is 23.4 Å². The van der Waals surface area contributed by atoms with Gasteiger partial charge in [-0.25, -0.2) is 4.79 Å². The van der Waals surface area contributed by atoms with E-state index in [-0.39, 0.29) is 12.0 Å². The van der Waals surface area contributed by atoms with Crippen LogP contribution in [0.4, 0.5) is 0 Å². The number of nitrogens with two attached hydrogens (primary N) is 1. The lowest BCUT2D eigenvalue weighted by Crippen LogP contribution is -2.37. The van der Waals surface area contributed by atoms with Crippen molar-refractivity contribution in [1.29, 1.82) is 0 Å². The molecule has 2 heterocycles. The first-order valence-electron chi connectivity index (χ1n) is 8.09. The molecule has 5 nitrogen and oxygen atoms in total. The quantitative estimate of drug-likeness (QED) is 0.477. The van der Waals surface area contributed by atoms with Gasteiger partial charge in [0, 0.05) is 11.7 Å². The molecule has 1 aliphatic heterocycles. The highest BCUT2D eigenvalue weighted by Crippen LogP contribution is 2.26. The van der Waals surface area contributed by atoms with Crippen molar-refractivity contribution in [1.82, 2.24) is 4.98 Å². The topological polar surface area (TPSA) is 80.5 Å². The van der Waals surface area contributed by atoms with Gasteiger partial charge in [0.2, 0.25) is 0 Å². The maximum Gasteiger partial charge on any atom is 0.347 e. The van der Waals surface area contributed by atoms with E-state index in [0.717, 1.165) is 17.7 Å². The van der Waals surface area contributed by atoms with E-state index in [9.17, 15) is 4.79 Å². The molecule has 0 amide bonds. The number of esters is 1. The minimum absolute atomic E-state index is 0.180. The zero-order valence-electron chi connectivity index (χ0n) is 14.7. The molecule has 0 saturated heterocycles. The van der Waals surface area contributed by atoms with E-state index in [4.69, 9.17) is 10.5 Å². The minimum atomic E-state index is -0.498. The first-order chi connectivity index (χ1) is 11.3. The molecule has 5 heteroatoms. The molecule has 0 fully saturated rings. The van der Waals surface area contributed by atoms with Crippen LogP contribution in [0.25, 0.3) is 5.57 Å². The van der Waals surface area contributed by atoms with E-state index >= 15 is 0 Å². The lowest BCUT2D eigenvalue weighted by molar-refractivity contribution is -0.131. The van der Waals surface area contributed by atoms with E-state index in [0.29, 0.717) is 22.9 Å². The summed E-state index contributed by atoms with van der Waals surface area (Å²) in [6, 6.07) is 3.55. The summed E-state index contributed by atoms with van der Waals surface area (Å²) in [5, 5.41) is 0. The van der Waals surface area contributed by atoms with Crippen molar-refractivity contribution in [3.8, 4) is 0 Å².